The molecule has 298 valence electrons. The number of halogens is 4. The van der Waals surface area contributed by atoms with Crippen molar-refractivity contribution in [3.8, 4) is 34.7 Å². The molecule has 0 aliphatic carbocycles. The Morgan fingerprint density at radius 1 is 0.593 bits per heavy atom. The second-order valence-corrected chi connectivity index (χ2v) is 13.2. The summed E-state index contributed by atoms with van der Waals surface area (Å²) in [6, 6.07) is 19.7. The fourth-order valence-corrected chi connectivity index (χ4v) is 5.47. The lowest BCUT2D eigenvalue weighted by Gasteiger charge is -2.10. The highest BCUT2D eigenvalue weighted by Gasteiger charge is 2.15. The normalized spacial score (nSPS) is 10.3. The van der Waals surface area contributed by atoms with Gasteiger partial charge in [-0.2, -0.15) is 10.5 Å². The van der Waals surface area contributed by atoms with E-state index in [2.05, 4.69) is 63.3 Å². The van der Waals surface area contributed by atoms with Gasteiger partial charge in [0.15, 0.2) is 0 Å². The van der Waals surface area contributed by atoms with Gasteiger partial charge in [-0.05, 0) is 36.4 Å². The van der Waals surface area contributed by atoms with E-state index in [1.54, 1.807) is 36.4 Å². The average Bonchev–Trinajstić information content (AvgIpc) is 3.23. The lowest BCUT2D eigenvalue weighted by molar-refractivity contribution is -0.385. The van der Waals surface area contributed by atoms with Gasteiger partial charge in [-0.25, -0.2) is 29.9 Å². The minimum absolute atomic E-state index is 0.0745. The summed E-state index contributed by atoms with van der Waals surface area (Å²) in [4.78, 5) is 45.2. The summed E-state index contributed by atoms with van der Waals surface area (Å²) in [6.07, 6.45) is 4.03. The van der Waals surface area contributed by atoms with E-state index in [9.17, 15) is 30.8 Å². The third-order valence-corrected chi connectivity index (χ3v) is 9.17. The van der Waals surface area contributed by atoms with E-state index in [4.69, 9.17) is 52.1 Å². The molecule has 0 radical (unpaired) electrons. The van der Waals surface area contributed by atoms with Crippen molar-refractivity contribution in [1.29, 1.82) is 10.5 Å². The molecule has 0 aliphatic rings. The molecule has 0 saturated carbocycles. The van der Waals surface area contributed by atoms with Crippen molar-refractivity contribution >= 4 is 87.1 Å². The molecule has 0 saturated heterocycles. The molecule has 19 nitrogen and oxygen atoms in total. The number of nitrogens with one attached hydrogen (secondary N) is 4. The van der Waals surface area contributed by atoms with Crippen LogP contribution in [0.1, 0.15) is 11.1 Å². The molecule has 6 N–H and O–H groups in total. The highest BCUT2D eigenvalue weighted by molar-refractivity contribution is 6.42. The van der Waals surface area contributed by atoms with E-state index in [0.717, 1.165) is 0 Å². The van der Waals surface area contributed by atoms with Gasteiger partial charge in [0.2, 0.25) is 17.7 Å². The zero-order valence-electron chi connectivity index (χ0n) is 30.0. The van der Waals surface area contributed by atoms with E-state index in [1.807, 2.05) is 0 Å². The van der Waals surface area contributed by atoms with Crippen molar-refractivity contribution in [2.45, 2.75) is 0 Å². The number of anilines is 5. The van der Waals surface area contributed by atoms with Crippen molar-refractivity contribution in [3.63, 3.8) is 0 Å². The monoisotopic (exact) mass is 873 g/mol. The molecule has 4 heterocycles. The van der Waals surface area contributed by atoms with Gasteiger partial charge in [-0.15, -0.1) is 0 Å². The molecular formula is C36H27Cl4N15O4. The number of hydrogen-bond acceptors (Lipinski definition) is 17. The van der Waals surface area contributed by atoms with Crippen molar-refractivity contribution in [2.24, 2.45) is 0 Å². The third-order valence-electron chi connectivity index (χ3n) is 7.69. The first-order chi connectivity index (χ1) is 28.4. The van der Waals surface area contributed by atoms with Crippen LogP contribution in [0.4, 0.5) is 40.7 Å². The van der Waals surface area contributed by atoms with Crippen LogP contribution in [0.2, 0.25) is 20.1 Å². The number of nitrogens with two attached hydrogens (primary N) is 1. The summed E-state index contributed by atoms with van der Waals surface area (Å²) in [6.45, 7) is 1.74. The fraction of sp³-hybridized carbons (Fsp3) is 0.111. The molecule has 0 fully saturated rings. The van der Waals surface area contributed by atoms with E-state index >= 15 is 0 Å². The first-order valence-corrected chi connectivity index (χ1v) is 18.3. The molecule has 0 bridgehead atoms. The Bertz CT molecular complexity index is 2590. The molecule has 23 heteroatoms. The van der Waals surface area contributed by atoms with Gasteiger partial charge in [-0.1, -0.05) is 58.5 Å². The molecule has 2 aromatic carbocycles. The summed E-state index contributed by atoms with van der Waals surface area (Å²) < 4.78 is 0. The lowest BCUT2D eigenvalue weighted by Crippen LogP contribution is -2.16. The van der Waals surface area contributed by atoms with Crippen molar-refractivity contribution in [2.75, 3.05) is 53.2 Å². The van der Waals surface area contributed by atoms with Crippen LogP contribution in [0.3, 0.4) is 0 Å². The number of nitrogens with zero attached hydrogens (tertiary/aromatic N) is 10. The molecule has 0 atom stereocenters. The van der Waals surface area contributed by atoms with E-state index in [0.29, 0.717) is 103 Å². The number of pyridine rings is 2. The van der Waals surface area contributed by atoms with Crippen LogP contribution in [0.15, 0.2) is 79.3 Å². The largest absolute Gasteiger partial charge is 0.378 e. The molecular weight excluding hydrogens is 848 g/mol. The molecule has 0 aliphatic heterocycles. The summed E-state index contributed by atoms with van der Waals surface area (Å²) >= 11 is 24.0. The Balaban J connectivity index is 0.000000224. The maximum atomic E-state index is 10.8. The van der Waals surface area contributed by atoms with E-state index in [-0.39, 0.29) is 17.2 Å². The predicted octanol–water partition coefficient (Wildman–Crippen LogP) is 7.88. The fourth-order valence-electron chi connectivity index (χ4n) is 4.87. The lowest BCUT2D eigenvalue weighted by atomic mass is 10.1. The van der Waals surface area contributed by atoms with Crippen molar-refractivity contribution in [1.82, 2.24) is 29.9 Å². The Hall–Kier alpha value is -7.16. The van der Waals surface area contributed by atoms with E-state index < -0.39 is 9.85 Å². The summed E-state index contributed by atoms with van der Waals surface area (Å²) in [5, 5.41) is 53.7. The van der Waals surface area contributed by atoms with Crippen molar-refractivity contribution < 1.29 is 9.85 Å². The summed E-state index contributed by atoms with van der Waals surface area (Å²) in [5.41, 5.74) is 7.98. The van der Waals surface area contributed by atoms with Gasteiger partial charge in [0.1, 0.15) is 30.0 Å². The molecule has 0 amide bonds. The van der Waals surface area contributed by atoms with Gasteiger partial charge in [0, 0.05) is 49.4 Å². The minimum atomic E-state index is -0.596. The number of aromatic nitrogens is 6. The Kier molecular flexibility index (Phi) is 14.8. The van der Waals surface area contributed by atoms with Crippen LogP contribution >= 0.6 is 46.4 Å². The zero-order chi connectivity index (χ0) is 42.5. The summed E-state index contributed by atoms with van der Waals surface area (Å²) in [7, 11) is 0. The number of hydrogen-bond donors (Lipinski definition) is 5. The number of nitrogen functional groups attached to an aromatic ring is 1. The Labute approximate surface area is 354 Å². The molecule has 6 aromatic rings. The van der Waals surface area contributed by atoms with Gasteiger partial charge >= 0.3 is 5.69 Å². The van der Waals surface area contributed by atoms with Gasteiger partial charge in [-0.3, -0.25) is 20.2 Å². The van der Waals surface area contributed by atoms with Crippen LogP contribution in [0.5, 0.6) is 0 Å². The zero-order valence-corrected chi connectivity index (χ0v) is 33.1. The predicted molar refractivity (Wildman–Crippen MR) is 225 cm³/mol. The van der Waals surface area contributed by atoms with Crippen LogP contribution in [0, 0.1) is 42.9 Å². The topological polar surface area (TPSA) is 285 Å². The van der Waals surface area contributed by atoms with Crippen LogP contribution < -0.4 is 27.0 Å². The average molecular weight is 876 g/mol. The number of nitriles is 2. The highest BCUT2D eigenvalue weighted by Crippen LogP contribution is 2.31. The number of nitro groups is 2. The first kappa shape index (κ1) is 43.0. The van der Waals surface area contributed by atoms with Crippen molar-refractivity contribution in [3.05, 3.63) is 131 Å². The number of benzene rings is 2. The molecule has 4 aromatic heterocycles. The van der Waals surface area contributed by atoms with Gasteiger partial charge in [0.25, 0.3) is 5.69 Å². The summed E-state index contributed by atoms with van der Waals surface area (Å²) in [5.74, 6) is 1.39. The molecule has 6 rings (SSSR count). The maximum Gasteiger partial charge on any atom is 0.311 e. The first-order valence-electron chi connectivity index (χ1n) is 16.8. The minimum Gasteiger partial charge on any atom is -0.378 e. The van der Waals surface area contributed by atoms with E-state index in [1.165, 1.54) is 42.9 Å². The molecule has 0 unspecified atom stereocenters. The molecule has 0 spiro atoms. The molecule has 59 heavy (non-hydrogen) atoms. The standard InChI is InChI=1S/C18H14Cl2N8O2.C18H13Cl2N7O2/c19-12-2-1-10(7-13(12)20)16-11(8-21)9-25-18(27-16)24-6-5-23-15-4-3-14(28(29)30)17(22)26-15;19-14-3-1-11(7-15(14)20)17-12(8-21)9-25-18(26-17)23-6-5-22-16-4-2-13(10-24-16)27(28)29/h1-4,7,9H,5-6H2,(H3,22,23,26)(H,24,25,27);1-4,7,9-10H,5-6H2,(H,22,24)(H,23,25,26). The van der Waals surface area contributed by atoms with Crippen LogP contribution in [-0.4, -0.2) is 65.9 Å². The second-order valence-electron chi connectivity index (χ2n) is 11.6. The number of rotatable bonds is 14. The second kappa shape index (κ2) is 20.3. The quantitative estimate of drug-likeness (QED) is 0.0395. The highest BCUT2D eigenvalue weighted by atomic mass is 35.5. The van der Waals surface area contributed by atoms with Gasteiger partial charge in [0.05, 0.1) is 64.8 Å². The van der Waals surface area contributed by atoms with Crippen LogP contribution in [0.25, 0.3) is 22.5 Å². The Morgan fingerprint density at radius 3 is 1.51 bits per heavy atom. The maximum absolute atomic E-state index is 10.8. The van der Waals surface area contributed by atoms with Crippen LogP contribution in [-0.2, 0) is 0 Å². The Morgan fingerprint density at radius 2 is 1.08 bits per heavy atom. The smallest absolute Gasteiger partial charge is 0.311 e. The SMILES string of the molecule is N#Cc1cnc(NCCNc2ccc([N+](=O)[O-])c(N)n2)nc1-c1ccc(Cl)c(Cl)c1.N#Cc1cnc(NCCNc2ccc([N+](=O)[O-])cn2)nc1-c1ccc(Cl)c(Cl)c1. The third kappa shape index (κ3) is 11.7. The van der Waals surface area contributed by atoms with Gasteiger partial charge < -0.3 is 27.0 Å².